The average molecular weight is 299 g/mol. The highest BCUT2D eigenvalue weighted by molar-refractivity contribution is 8.00. The first-order valence-corrected chi connectivity index (χ1v) is 6.67. The molecule has 0 saturated carbocycles. The van der Waals surface area contributed by atoms with E-state index in [1.807, 2.05) is 0 Å². The van der Waals surface area contributed by atoms with Crippen LogP contribution in [0, 0.1) is 11.3 Å². The number of halogens is 2. The van der Waals surface area contributed by atoms with Gasteiger partial charge in [0.05, 0.1) is 11.3 Å². The Morgan fingerprint density at radius 1 is 1.33 bits per heavy atom. The summed E-state index contributed by atoms with van der Waals surface area (Å²) in [7, 11) is 0. The zero-order chi connectivity index (χ0) is 13.1. The topological polar surface area (TPSA) is 65.4 Å². The number of rotatable bonds is 3. The lowest BCUT2D eigenvalue weighted by atomic mass is 10.2. The number of hydrogen-bond acceptors (Lipinski definition) is 4. The molecule has 2 rings (SSSR count). The second-order valence-corrected chi connectivity index (χ2v) is 5.69. The van der Waals surface area contributed by atoms with Crippen molar-refractivity contribution in [2.45, 2.75) is 17.3 Å². The summed E-state index contributed by atoms with van der Waals surface area (Å²) >= 11 is 13.1. The zero-order valence-corrected chi connectivity index (χ0v) is 11.6. The van der Waals surface area contributed by atoms with Crippen LogP contribution in [0.1, 0.15) is 6.92 Å². The van der Waals surface area contributed by atoms with E-state index < -0.39 is 0 Å². The molecule has 2 aromatic rings. The van der Waals surface area contributed by atoms with Crippen LogP contribution >= 0.6 is 35.0 Å². The van der Waals surface area contributed by atoms with Crippen molar-refractivity contribution in [3.63, 3.8) is 0 Å². The molecule has 0 aliphatic rings. The Hall–Kier alpha value is -1.22. The second kappa shape index (κ2) is 5.61. The molecular weight excluding hydrogens is 291 g/mol. The minimum atomic E-state index is -0.198. The molecule has 1 atom stereocenters. The van der Waals surface area contributed by atoms with E-state index in [0.29, 0.717) is 21.0 Å². The molecule has 92 valence electrons. The predicted octanol–water partition coefficient (Wildman–Crippen LogP) is 3.78. The van der Waals surface area contributed by atoms with Gasteiger partial charge in [-0.25, -0.2) is 4.98 Å². The summed E-state index contributed by atoms with van der Waals surface area (Å²) < 4.78 is 0. The first kappa shape index (κ1) is 13.2. The highest BCUT2D eigenvalue weighted by Gasteiger charge is 2.10. The summed E-state index contributed by atoms with van der Waals surface area (Å²) in [5.41, 5.74) is 0.761. The molecule has 0 fully saturated rings. The van der Waals surface area contributed by atoms with Crippen molar-refractivity contribution in [3.05, 3.63) is 28.2 Å². The van der Waals surface area contributed by atoms with Gasteiger partial charge in [-0.3, -0.25) is 5.10 Å². The highest BCUT2D eigenvalue weighted by atomic mass is 35.5. The number of H-pyrrole nitrogens is 1. The lowest BCUT2D eigenvalue weighted by molar-refractivity contribution is 0.969. The lowest BCUT2D eigenvalue weighted by Gasteiger charge is -1.98. The molecule has 1 aromatic heterocycles. The molecule has 0 amide bonds. The summed E-state index contributed by atoms with van der Waals surface area (Å²) in [5, 5.41) is 16.9. The molecule has 0 saturated heterocycles. The number of benzene rings is 1. The molecule has 18 heavy (non-hydrogen) atoms. The second-order valence-electron chi connectivity index (χ2n) is 3.51. The van der Waals surface area contributed by atoms with E-state index in [0.717, 1.165) is 5.56 Å². The number of nitrogens with one attached hydrogen (secondary N) is 1. The van der Waals surface area contributed by atoms with E-state index in [1.165, 1.54) is 11.8 Å². The summed E-state index contributed by atoms with van der Waals surface area (Å²) in [6.07, 6.45) is 0. The van der Waals surface area contributed by atoms with Gasteiger partial charge in [-0.05, 0) is 25.1 Å². The Labute approximate surface area is 118 Å². The fourth-order valence-corrected chi connectivity index (χ4v) is 2.44. The van der Waals surface area contributed by atoms with Gasteiger partial charge in [0.2, 0.25) is 5.16 Å². The molecule has 1 aromatic carbocycles. The van der Waals surface area contributed by atoms with Gasteiger partial charge < -0.3 is 0 Å². The molecule has 0 aliphatic heterocycles. The largest absolute Gasteiger partial charge is 0.258 e. The van der Waals surface area contributed by atoms with Crippen LogP contribution in [0.25, 0.3) is 11.4 Å². The Morgan fingerprint density at radius 2 is 2.00 bits per heavy atom. The molecule has 0 bridgehead atoms. The summed E-state index contributed by atoms with van der Waals surface area (Å²) in [6, 6.07) is 7.25. The Balaban J connectivity index is 2.27. The SMILES string of the molecule is CC(C#N)Sc1n[nH]c(-c2cc(Cl)cc(Cl)c2)n1. The van der Waals surface area contributed by atoms with Gasteiger partial charge >= 0.3 is 0 Å². The van der Waals surface area contributed by atoms with E-state index in [2.05, 4.69) is 21.3 Å². The maximum atomic E-state index is 8.72. The Bertz CT molecular complexity index is 585. The molecule has 1 unspecified atom stereocenters. The molecular formula is C11H8Cl2N4S. The Morgan fingerprint density at radius 3 is 2.61 bits per heavy atom. The van der Waals surface area contributed by atoms with Crippen molar-refractivity contribution >= 4 is 35.0 Å². The van der Waals surface area contributed by atoms with Crippen LogP contribution in [0.4, 0.5) is 0 Å². The van der Waals surface area contributed by atoms with Crippen LogP contribution in [0.2, 0.25) is 10.0 Å². The lowest BCUT2D eigenvalue weighted by Crippen LogP contribution is -1.90. The molecule has 0 radical (unpaired) electrons. The first-order chi connectivity index (χ1) is 8.58. The molecule has 1 heterocycles. The van der Waals surface area contributed by atoms with Crippen molar-refractivity contribution in [2.75, 3.05) is 0 Å². The third-order valence-electron chi connectivity index (χ3n) is 2.06. The monoisotopic (exact) mass is 298 g/mol. The standard InChI is InChI=1S/C11H8Cl2N4S/c1-6(5-14)18-11-15-10(16-17-11)7-2-8(12)4-9(13)3-7/h2-4,6H,1H3,(H,15,16,17). The van der Waals surface area contributed by atoms with Crippen molar-refractivity contribution in [1.82, 2.24) is 15.2 Å². The quantitative estimate of drug-likeness (QED) is 0.876. The van der Waals surface area contributed by atoms with Gasteiger partial charge in [0.25, 0.3) is 0 Å². The molecule has 0 aliphatic carbocycles. The molecule has 0 spiro atoms. The number of aromatic nitrogens is 3. The minimum Gasteiger partial charge on any atom is -0.258 e. The fourth-order valence-electron chi connectivity index (χ4n) is 1.30. The zero-order valence-electron chi connectivity index (χ0n) is 9.32. The number of nitriles is 1. The van der Waals surface area contributed by atoms with Crippen LogP contribution in [0.5, 0.6) is 0 Å². The van der Waals surface area contributed by atoms with Crippen LogP contribution in [0.3, 0.4) is 0 Å². The summed E-state index contributed by atoms with van der Waals surface area (Å²) in [4.78, 5) is 4.28. The predicted molar refractivity (Wildman–Crippen MR) is 72.8 cm³/mol. The van der Waals surface area contributed by atoms with Gasteiger partial charge in [0.1, 0.15) is 0 Å². The van der Waals surface area contributed by atoms with Gasteiger partial charge in [0.15, 0.2) is 5.82 Å². The van der Waals surface area contributed by atoms with Crippen molar-refractivity contribution < 1.29 is 0 Å². The maximum absolute atomic E-state index is 8.72. The van der Waals surface area contributed by atoms with Gasteiger partial charge in [0, 0.05) is 15.6 Å². The average Bonchev–Trinajstić information content (AvgIpc) is 2.76. The minimum absolute atomic E-state index is 0.198. The summed E-state index contributed by atoms with van der Waals surface area (Å²) in [5.74, 6) is 0.576. The van der Waals surface area contributed by atoms with Gasteiger partial charge in [-0.2, -0.15) is 5.26 Å². The van der Waals surface area contributed by atoms with Crippen LogP contribution < -0.4 is 0 Å². The molecule has 4 nitrogen and oxygen atoms in total. The van der Waals surface area contributed by atoms with Crippen LogP contribution in [-0.2, 0) is 0 Å². The fraction of sp³-hybridized carbons (Fsp3) is 0.182. The Kier molecular flexibility index (Phi) is 4.12. The van der Waals surface area contributed by atoms with Crippen molar-refractivity contribution in [1.29, 1.82) is 5.26 Å². The maximum Gasteiger partial charge on any atom is 0.210 e. The highest BCUT2D eigenvalue weighted by Crippen LogP contribution is 2.27. The number of hydrogen-bond donors (Lipinski definition) is 1. The van der Waals surface area contributed by atoms with Gasteiger partial charge in [-0.15, -0.1) is 5.10 Å². The van der Waals surface area contributed by atoms with Crippen LogP contribution in [0.15, 0.2) is 23.4 Å². The third kappa shape index (κ3) is 3.16. The van der Waals surface area contributed by atoms with E-state index >= 15 is 0 Å². The normalized spacial score (nSPS) is 12.1. The number of nitrogens with zero attached hydrogens (tertiary/aromatic N) is 3. The molecule has 7 heteroatoms. The van der Waals surface area contributed by atoms with Crippen LogP contribution in [-0.4, -0.2) is 20.4 Å². The first-order valence-electron chi connectivity index (χ1n) is 5.03. The van der Waals surface area contributed by atoms with E-state index in [4.69, 9.17) is 28.5 Å². The number of aromatic amines is 1. The van der Waals surface area contributed by atoms with E-state index in [1.54, 1.807) is 25.1 Å². The van der Waals surface area contributed by atoms with E-state index in [9.17, 15) is 0 Å². The van der Waals surface area contributed by atoms with Crippen molar-refractivity contribution in [3.8, 4) is 17.5 Å². The third-order valence-corrected chi connectivity index (χ3v) is 3.35. The summed E-state index contributed by atoms with van der Waals surface area (Å²) in [6.45, 7) is 1.79. The van der Waals surface area contributed by atoms with Gasteiger partial charge in [-0.1, -0.05) is 35.0 Å². The smallest absolute Gasteiger partial charge is 0.210 e. The number of thioether (sulfide) groups is 1. The van der Waals surface area contributed by atoms with E-state index in [-0.39, 0.29) is 5.25 Å². The van der Waals surface area contributed by atoms with Crippen molar-refractivity contribution in [2.24, 2.45) is 0 Å². The molecule has 1 N–H and O–H groups in total.